The molecule has 1 aromatic rings. The van der Waals surface area contributed by atoms with Crippen LogP contribution in [0.1, 0.15) is 45.4 Å². The highest BCUT2D eigenvalue weighted by atomic mass is 16.5. The predicted molar refractivity (Wildman–Crippen MR) is 96.0 cm³/mol. The Bertz CT molecular complexity index is 470. The largest absolute Gasteiger partial charge is 0.493 e. The van der Waals surface area contributed by atoms with Gasteiger partial charge in [0, 0.05) is 6.42 Å². The van der Waals surface area contributed by atoms with E-state index in [-0.39, 0.29) is 12.1 Å². The molecule has 1 N–H and O–H groups in total. The van der Waals surface area contributed by atoms with E-state index in [1.165, 1.54) is 7.11 Å². The second-order valence-corrected chi connectivity index (χ2v) is 5.99. The second-order valence-electron chi connectivity index (χ2n) is 5.99. The minimum atomic E-state index is -0.121. The number of carbonyl (C=O) groups is 1. The van der Waals surface area contributed by atoms with Crippen LogP contribution in [0.25, 0.3) is 0 Å². The second kappa shape index (κ2) is 12.6. The molecule has 2 rings (SSSR count). The lowest BCUT2D eigenvalue weighted by Gasteiger charge is -2.11. The minimum Gasteiger partial charge on any atom is -0.493 e. The molecule has 1 aliphatic rings. The van der Waals surface area contributed by atoms with Gasteiger partial charge in [0.1, 0.15) is 5.75 Å². The molecule has 134 valence electrons. The van der Waals surface area contributed by atoms with E-state index in [0.717, 1.165) is 44.5 Å². The number of para-hydroxylation sites is 1. The van der Waals surface area contributed by atoms with Crippen LogP contribution in [0.2, 0.25) is 0 Å². The maximum atomic E-state index is 10.5. The van der Waals surface area contributed by atoms with Crippen molar-refractivity contribution in [2.75, 3.05) is 13.7 Å². The first-order valence-electron chi connectivity index (χ1n) is 8.69. The van der Waals surface area contributed by atoms with Gasteiger partial charge in [0.05, 0.1) is 19.8 Å². The van der Waals surface area contributed by atoms with E-state index in [1.807, 2.05) is 49.4 Å². The van der Waals surface area contributed by atoms with Gasteiger partial charge in [-0.25, -0.2) is 0 Å². The van der Waals surface area contributed by atoms with Crippen LogP contribution >= 0.6 is 0 Å². The molecular weight excluding hydrogens is 304 g/mol. The minimum absolute atomic E-state index is 0.0978. The highest BCUT2D eigenvalue weighted by Gasteiger charge is 2.22. The van der Waals surface area contributed by atoms with Gasteiger partial charge >= 0.3 is 5.97 Å². The highest BCUT2D eigenvalue weighted by Crippen LogP contribution is 2.26. The number of aliphatic hydroxyl groups is 1. The Kier molecular flexibility index (Phi) is 10.6. The van der Waals surface area contributed by atoms with Gasteiger partial charge in [0.15, 0.2) is 0 Å². The van der Waals surface area contributed by atoms with Crippen LogP contribution in [0.3, 0.4) is 0 Å². The zero-order valence-corrected chi connectivity index (χ0v) is 14.8. The van der Waals surface area contributed by atoms with Gasteiger partial charge in [0.2, 0.25) is 0 Å². The summed E-state index contributed by atoms with van der Waals surface area (Å²) in [6.07, 6.45) is 9.23. The number of hydrogen-bond donors (Lipinski definition) is 1. The smallest absolute Gasteiger partial charge is 0.305 e. The van der Waals surface area contributed by atoms with Crippen molar-refractivity contribution in [3.63, 3.8) is 0 Å². The third-order valence-electron chi connectivity index (χ3n) is 3.96. The van der Waals surface area contributed by atoms with E-state index in [0.29, 0.717) is 12.3 Å². The summed E-state index contributed by atoms with van der Waals surface area (Å²) in [4.78, 5) is 10.5. The Morgan fingerprint density at radius 3 is 2.62 bits per heavy atom. The summed E-state index contributed by atoms with van der Waals surface area (Å²) >= 11 is 0. The average molecular weight is 334 g/mol. The molecule has 0 bridgehead atoms. The van der Waals surface area contributed by atoms with Crippen LogP contribution in [0.15, 0.2) is 42.5 Å². The number of hydrogen-bond acceptors (Lipinski definition) is 4. The van der Waals surface area contributed by atoms with E-state index in [1.54, 1.807) is 0 Å². The number of methoxy groups -OCH3 is 1. The Labute approximate surface area is 145 Å². The Balaban J connectivity index is 0.000000257. The molecule has 4 nitrogen and oxygen atoms in total. The fraction of sp³-hybridized carbons (Fsp3) is 0.550. The summed E-state index contributed by atoms with van der Waals surface area (Å²) in [7, 11) is 1.41. The summed E-state index contributed by atoms with van der Waals surface area (Å²) < 4.78 is 10.1. The summed E-state index contributed by atoms with van der Waals surface area (Å²) in [6.45, 7) is 2.71. The van der Waals surface area contributed by atoms with Crippen molar-refractivity contribution in [3.05, 3.63) is 42.5 Å². The normalized spacial score (nSPS) is 19.6. The number of allylic oxidation sites excluding steroid dienone is 2. The zero-order valence-electron chi connectivity index (χ0n) is 14.8. The van der Waals surface area contributed by atoms with Crippen molar-refractivity contribution in [3.8, 4) is 5.75 Å². The molecule has 0 saturated heterocycles. The van der Waals surface area contributed by atoms with Gasteiger partial charge in [-0.15, -0.1) is 0 Å². The Morgan fingerprint density at radius 1 is 1.29 bits per heavy atom. The number of rotatable bonds is 7. The van der Waals surface area contributed by atoms with Crippen molar-refractivity contribution >= 4 is 5.97 Å². The highest BCUT2D eigenvalue weighted by molar-refractivity contribution is 5.68. The molecule has 1 aliphatic carbocycles. The maximum absolute atomic E-state index is 10.5. The summed E-state index contributed by atoms with van der Waals surface area (Å²) in [6, 6.07) is 9.85. The summed E-state index contributed by atoms with van der Waals surface area (Å²) in [5.41, 5.74) is 0. The van der Waals surface area contributed by atoms with Gasteiger partial charge in [-0.05, 0) is 57.1 Å². The van der Waals surface area contributed by atoms with E-state index < -0.39 is 0 Å². The molecule has 0 aromatic heterocycles. The van der Waals surface area contributed by atoms with Gasteiger partial charge in [-0.1, -0.05) is 30.4 Å². The Hall–Kier alpha value is -1.81. The molecule has 1 aromatic carbocycles. The molecule has 0 heterocycles. The summed E-state index contributed by atoms with van der Waals surface area (Å²) in [5.74, 6) is 1.34. The van der Waals surface area contributed by atoms with Crippen molar-refractivity contribution < 1.29 is 19.4 Å². The van der Waals surface area contributed by atoms with Gasteiger partial charge in [0.25, 0.3) is 0 Å². The quantitative estimate of drug-likeness (QED) is 0.463. The first-order chi connectivity index (χ1) is 11.7. The third kappa shape index (κ3) is 9.36. The van der Waals surface area contributed by atoms with E-state index in [9.17, 15) is 9.90 Å². The number of esters is 1. The van der Waals surface area contributed by atoms with Crippen molar-refractivity contribution in [2.24, 2.45) is 5.92 Å². The van der Waals surface area contributed by atoms with Crippen LogP contribution in [-0.4, -0.2) is 30.9 Å². The van der Waals surface area contributed by atoms with Gasteiger partial charge in [-0.2, -0.15) is 0 Å². The van der Waals surface area contributed by atoms with Crippen LogP contribution in [0, 0.1) is 5.92 Å². The van der Waals surface area contributed by atoms with Crippen molar-refractivity contribution in [1.29, 1.82) is 0 Å². The maximum Gasteiger partial charge on any atom is 0.305 e. The van der Waals surface area contributed by atoms with E-state index >= 15 is 0 Å². The molecule has 1 fully saturated rings. The lowest BCUT2D eigenvalue weighted by molar-refractivity contribution is -0.140. The lowest BCUT2D eigenvalue weighted by atomic mass is 10.1. The number of ether oxygens (including phenoxy) is 2. The molecule has 24 heavy (non-hydrogen) atoms. The number of aliphatic hydroxyl groups excluding tert-OH is 1. The molecule has 0 amide bonds. The summed E-state index contributed by atoms with van der Waals surface area (Å²) in [5, 5.41) is 9.34. The van der Waals surface area contributed by atoms with Crippen molar-refractivity contribution in [2.45, 2.75) is 51.6 Å². The molecule has 4 heteroatoms. The van der Waals surface area contributed by atoms with Crippen LogP contribution in [0.4, 0.5) is 0 Å². The van der Waals surface area contributed by atoms with Crippen molar-refractivity contribution in [1.82, 2.24) is 0 Å². The molecule has 1 saturated carbocycles. The SMILES string of the molecule is C/C=C\CCCC(=O)OC.OC1CCC(COc2ccccc2)C1. The topological polar surface area (TPSA) is 55.8 Å². The number of benzene rings is 1. The van der Waals surface area contributed by atoms with E-state index in [4.69, 9.17) is 4.74 Å². The van der Waals surface area contributed by atoms with Crippen LogP contribution in [-0.2, 0) is 9.53 Å². The first-order valence-corrected chi connectivity index (χ1v) is 8.69. The van der Waals surface area contributed by atoms with Gasteiger partial charge < -0.3 is 14.6 Å². The number of carbonyl (C=O) groups excluding carboxylic acids is 1. The van der Waals surface area contributed by atoms with Crippen LogP contribution in [0.5, 0.6) is 5.75 Å². The first kappa shape index (κ1) is 20.2. The number of unbranched alkanes of at least 4 members (excludes halogenated alkanes) is 1. The fourth-order valence-electron chi connectivity index (χ4n) is 2.56. The fourth-order valence-corrected chi connectivity index (χ4v) is 2.56. The average Bonchev–Trinajstić information content (AvgIpc) is 3.03. The molecule has 2 unspecified atom stereocenters. The van der Waals surface area contributed by atoms with Gasteiger partial charge in [-0.3, -0.25) is 4.79 Å². The molecule has 2 atom stereocenters. The molecule has 0 aliphatic heterocycles. The van der Waals surface area contributed by atoms with E-state index in [2.05, 4.69) is 4.74 Å². The lowest BCUT2D eigenvalue weighted by Crippen LogP contribution is -2.09. The monoisotopic (exact) mass is 334 g/mol. The third-order valence-corrected chi connectivity index (χ3v) is 3.96. The molecule has 0 radical (unpaired) electrons. The van der Waals surface area contributed by atoms with Crippen LogP contribution < -0.4 is 4.74 Å². The predicted octanol–water partition coefficient (Wildman–Crippen LogP) is 4.13. The molecular formula is C20H30O4. The zero-order chi connectivity index (χ0) is 17.6. The standard InChI is InChI=1S/C12H16O2.C8H14O2/c13-11-7-6-10(8-11)9-14-12-4-2-1-3-5-12;1-3-4-5-6-7-8(9)10-2/h1-5,10-11,13H,6-9H2;3-4H,5-7H2,1-2H3/b;4-3-. The Morgan fingerprint density at radius 2 is 2.04 bits per heavy atom. The molecule has 0 spiro atoms.